The van der Waals surface area contributed by atoms with Crippen LogP contribution in [0.5, 0.6) is 0 Å². The molecule has 4 rings (SSSR count). The molecular weight excluding hydrogens is 470 g/mol. The van der Waals surface area contributed by atoms with Gasteiger partial charge in [0.1, 0.15) is 5.52 Å². The minimum absolute atomic E-state index is 0.355. The fourth-order valence-corrected chi connectivity index (χ4v) is 7.15. The molecule has 2 aromatic heterocycles. The van der Waals surface area contributed by atoms with Crippen LogP contribution in [0.1, 0.15) is 18.8 Å². The second-order valence-electron chi connectivity index (χ2n) is 9.40. The number of aryl methyl sites for hydroxylation is 1. The number of quaternary nitrogens is 1. The molecule has 1 N–H and O–H groups in total. The predicted octanol–water partition coefficient (Wildman–Crippen LogP) is 1.36. The summed E-state index contributed by atoms with van der Waals surface area (Å²) < 4.78 is 65.3. The van der Waals surface area contributed by atoms with Gasteiger partial charge in [-0.15, -0.1) is 0 Å². The number of nitrogens with zero attached hydrogens (tertiary/aromatic N) is 5. The molecule has 1 aliphatic rings. The number of hydrogen-bond acceptors (Lipinski definition) is 8. The quantitative estimate of drug-likeness (QED) is 0.290. The van der Waals surface area contributed by atoms with Crippen LogP contribution >= 0.6 is 0 Å². The highest BCUT2D eigenvalue weighted by molar-refractivity contribution is 7.86. The molecule has 0 aliphatic carbocycles. The number of aromatic nitrogens is 4. The standard InChI is InChI=1S/C20H27N5O6S2/c1-13-19-20(22-18-8-6-5-7-17(18)21-19)24(23-13)14(2)31-33(29,30)12-16-10-25(3,4)9-15(16)11-32(26,27)28/h5-8,14-16H,9-12H2,1-4H3/p+1. The van der Waals surface area contributed by atoms with Crippen LogP contribution < -0.4 is 0 Å². The van der Waals surface area contributed by atoms with Gasteiger partial charge in [0, 0.05) is 11.8 Å². The number of para-hydroxylation sites is 2. The van der Waals surface area contributed by atoms with E-state index in [1.807, 2.05) is 38.4 Å². The molecule has 33 heavy (non-hydrogen) atoms. The van der Waals surface area contributed by atoms with Gasteiger partial charge in [-0.25, -0.2) is 18.8 Å². The van der Waals surface area contributed by atoms with E-state index in [1.165, 1.54) is 4.68 Å². The summed E-state index contributed by atoms with van der Waals surface area (Å²) in [4.78, 5) is 9.18. The van der Waals surface area contributed by atoms with Gasteiger partial charge in [-0.2, -0.15) is 21.9 Å². The topological polar surface area (TPSA) is 141 Å². The van der Waals surface area contributed by atoms with Crippen molar-refractivity contribution in [1.82, 2.24) is 19.7 Å². The van der Waals surface area contributed by atoms with Crippen molar-refractivity contribution in [3.05, 3.63) is 30.0 Å². The highest BCUT2D eigenvalue weighted by Gasteiger charge is 2.44. The molecule has 1 fully saturated rings. The molecule has 0 saturated carbocycles. The normalized spacial score (nSPS) is 22.2. The Kier molecular flexibility index (Phi) is 5.98. The zero-order valence-corrected chi connectivity index (χ0v) is 20.5. The van der Waals surface area contributed by atoms with Crippen molar-refractivity contribution in [2.75, 3.05) is 38.7 Å². The summed E-state index contributed by atoms with van der Waals surface area (Å²) in [6.07, 6.45) is -0.981. The first-order chi connectivity index (χ1) is 15.2. The summed E-state index contributed by atoms with van der Waals surface area (Å²) in [6.45, 7) is 4.23. The highest BCUT2D eigenvalue weighted by atomic mass is 32.2. The van der Waals surface area contributed by atoms with E-state index >= 15 is 0 Å². The maximum Gasteiger partial charge on any atom is 0.269 e. The third-order valence-corrected chi connectivity index (χ3v) is 8.22. The number of benzene rings is 1. The Morgan fingerprint density at radius 2 is 1.67 bits per heavy atom. The summed E-state index contributed by atoms with van der Waals surface area (Å²) in [5.74, 6) is -1.80. The van der Waals surface area contributed by atoms with Crippen LogP contribution in [-0.4, -0.2) is 84.3 Å². The zero-order valence-electron chi connectivity index (χ0n) is 18.9. The Balaban J connectivity index is 1.58. The Morgan fingerprint density at radius 1 is 1.09 bits per heavy atom. The molecule has 0 bridgehead atoms. The van der Waals surface area contributed by atoms with E-state index in [2.05, 4.69) is 15.1 Å². The van der Waals surface area contributed by atoms with Gasteiger partial charge in [-0.1, -0.05) is 12.1 Å². The van der Waals surface area contributed by atoms with E-state index in [9.17, 15) is 21.4 Å². The monoisotopic (exact) mass is 498 g/mol. The first kappa shape index (κ1) is 24.0. The molecule has 0 radical (unpaired) electrons. The lowest BCUT2D eigenvalue weighted by Crippen LogP contribution is -2.37. The fraction of sp³-hybridized carbons (Fsp3) is 0.550. The zero-order chi connectivity index (χ0) is 24.2. The summed E-state index contributed by atoms with van der Waals surface area (Å²) in [7, 11) is -4.48. The molecule has 3 heterocycles. The van der Waals surface area contributed by atoms with E-state index in [0.717, 1.165) is 0 Å². The van der Waals surface area contributed by atoms with Gasteiger partial charge in [0.25, 0.3) is 20.2 Å². The Morgan fingerprint density at radius 3 is 2.27 bits per heavy atom. The lowest BCUT2D eigenvalue weighted by molar-refractivity contribution is -0.880. The summed E-state index contributed by atoms with van der Waals surface area (Å²) in [5.41, 5.74) is 2.93. The SMILES string of the molecule is Cc1nn(C(C)OS(=O)(=O)CC2C[N+](C)(C)CC2CS(=O)(=O)O)c2nc3ccccc3nc12. The molecule has 11 nitrogen and oxygen atoms in total. The second-order valence-corrected chi connectivity index (χ2v) is 12.5. The van der Waals surface area contributed by atoms with Gasteiger partial charge < -0.3 is 4.48 Å². The Hall–Kier alpha value is -2.19. The molecule has 13 heteroatoms. The third kappa shape index (κ3) is 5.32. The van der Waals surface area contributed by atoms with E-state index in [0.29, 0.717) is 45.5 Å². The van der Waals surface area contributed by atoms with Crippen LogP contribution in [0.4, 0.5) is 0 Å². The van der Waals surface area contributed by atoms with Crippen molar-refractivity contribution < 1.29 is 30.1 Å². The average Bonchev–Trinajstić information content (AvgIpc) is 3.13. The third-order valence-electron chi connectivity index (χ3n) is 5.97. The van der Waals surface area contributed by atoms with Crippen molar-refractivity contribution in [2.45, 2.75) is 20.1 Å². The van der Waals surface area contributed by atoms with Crippen LogP contribution in [-0.2, 0) is 24.4 Å². The van der Waals surface area contributed by atoms with Gasteiger partial charge in [-0.05, 0) is 26.0 Å². The molecule has 0 amide bonds. The molecule has 1 saturated heterocycles. The first-order valence-electron chi connectivity index (χ1n) is 10.5. The van der Waals surface area contributed by atoms with Crippen LogP contribution in [0.3, 0.4) is 0 Å². The van der Waals surface area contributed by atoms with Crippen molar-refractivity contribution in [1.29, 1.82) is 0 Å². The predicted molar refractivity (Wildman–Crippen MR) is 122 cm³/mol. The molecule has 0 spiro atoms. The molecule has 1 aliphatic heterocycles. The molecule has 3 atom stereocenters. The maximum absolute atomic E-state index is 12.9. The van der Waals surface area contributed by atoms with Crippen molar-refractivity contribution >= 4 is 42.4 Å². The van der Waals surface area contributed by atoms with Crippen LogP contribution in [0.2, 0.25) is 0 Å². The van der Waals surface area contributed by atoms with Crippen LogP contribution in [0.15, 0.2) is 24.3 Å². The minimum atomic E-state index is -4.23. The van der Waals surface area contributed by atoms with Crippen LogP contribution in [0, 0.1) is 18.8 Å². The Labute approximate surface area is 192 Å². The number of rotatable bonds is 7. The van der Waals surface area contributed by atoms with E-state index in [-0.39, 0.29) is 5.75 Å². The van der Waals surface area contributed by atoms with E-state index in [1.54, 1.807) is 13.8 Å². The summed E-state index contributed by atoms with van der Waals surface area (Å²) in [5, 5.41) is 4.40. The number of fused-ring (bicyclic) bond motifs is 2. The largest absolute Gasteiger partial charge is 0.328 e. The smallest absolute Gasteiger partial charge is 0.269 e. The molecular formula is C20H28N5O6S2+. The van der Waals surface area contributed by atoms with Crippen molar-refractivity contribution in [3.8, 4) is 0 Å². The van der Waals surface area contributed by atoms with E-state index in [4.69, 9.17) is 4.18 Å². The number of likely N-dealkylation sites (tertiary alicyclic amines) is 1. The van der Waals surface area contributed by atoms with Crippen molar-refractivity contribution in [2.24, 2.45) is 11.8 Å². The molecule has 1 aromatic carbocycles. The van der Waals surface area contributed by atoms with Gasteiger partial charge in [-0.3, -0.25) is 4.55 Å². The highest BCUT2D eigenvalue weighted by Crippen LogP contribution is 2.31. The van der Waals surface area contributed by atoms with Gasteiger partial charge in [0.05, 0.1) is 55.4 Å². The lowest BCUT2D eigenvalue weighted by Gasteiger charge is -2.23. The van der Waals surface area contributed by atoms with Gasteiger partial charge in [0.15, 0.2) is 11.9 Å². The molecule has 3 aromatic rings. The number of hydrogen-bond donors (Lipinski definition) is 1. The maximum atomic E-state index is 12.9. The molecule has 180 valence electrons. The minimum Gasteiger partial charge on any atom is -0.328 e. The van der Waals surface area contributed by atoms with E-state index < -0.39 is 44.1 Å². The summed E-state index contributed by atoms with van der Waals surface area (Å²) in [6, 6.07) is 7.35. The Bertz CT molecular complexity index is 1420. The molecule has 3 unspecified atom stereocenters. The van der Waals surface area contributed by atoms with Crippen LogP contribution in [0.25, 0.3) is 22.2 Å². The van der Waals surface area contributed by atoms with Crippen molar-refractivity contribution in [3.63, 3.8) is 0 Å². The first-order valence-corrected chi connectivity index (χ1v) is 13.7. The second kappa shape index (κ2) is 8.24. The average molecular weight is 499 g/mol. The summed E-state index contributed by atoms with van der Waals surface area (Å²) >= 11 is 0. The van der Waals surface area contributed by atoms with Gasteiger partial charge >= 0.3 is 0 Å². The fourth-order valence-electron chi connectivity index (χ4n) is 4.75. The lowest BCUT2D eigenvalue weighted by atomic mass is 10.0. The van der Waals surface area contributed by atoms with Gasteiger partial charge in [0.2, 0.25) is 0 Å².